The van der Waals surface area contributed by atoms with Crippen LogP contribution >= 0.6 is 0 Å². The van der Waals surface area contributed by atoms with Crippen LogP contribution in [0.3, 0.4) is 0 Å². The zero-order chi connectivity index (χ0) is 29.7. The average Bonchev–Trinajstić information content (AvgIpc) is 3.34. The maximum absolute atomic E-state index is 13.7. The highest BCUT2D eigenvalue weighted by atomic mass is 19.4. The van der Waals surface area contributed by atoms with E-state index in [1.54, 1.807) is 13.8 Å². The van der Waals surface area contributed by atoms with Gasteiger partial charge in [0.05, 0.1) is 19.3 Å². The molecule has 0 bridgehead atoms. The average molecular weight is 571 g/mol. The molecule has 2 aliphatic heterocycles. The fraction of sp³-hybridized carbons (Fsp3) is 0.792. The van der Waals surface area contributed by atoms with Gasteiger partial charge in [0.1, 0.15) is 18.5 Å². The summed E-state index contributed by atoms with van der Waals surface area (Å²) in [6, 6.07) is -4.54. The minimum absolute atomic E-state index is 0.0573. The number of ketones is 1. The molecule has 222 valence electrons. The Balaban J connectivity index is 2.12. The van der Waals surface area contributed by atoms with Crippen LogP contribution in [0, 0.1) is 11.8 Å². The Kier molecular flexibility index (Phi) is 10.8. The van der Waals surface area contributed by atoms with Gasteiger partial charge in [0, 0.05) is 19.6 Å². The molecule has 0 aromatic rings. The molecular weight excluding hydrogens is 535 g/mol. The molecule has 2 rings (SSSR count). The van der Waals surface area contributed by atoms with Crippen LogP contribution in [0.4, 0.5) is 22.0 Å². The third kappa shape index (κ3) is 7.85. The van der Waals surface area contributed by atoms with E-state index in [9.17, 15) is 45.9 Å². The number of halogens is 5. The lowest BCUT2D eigenvalue weighted by atomic mass is 9.95. The van der Waals surface area contributed by atoms with Crippen molar-refractivity contribution < 1.29 is 50.7 Å². The van der Waals surface area contributed by atoms with Crippen molar-refractivity contribution in [2.45, 2.75) is 77.2 Å². The van der Waals surface area contributed by atoms with Crippen LogP contribution in [0.1, 0.15) is 47.0 Å². The largest absolute Gasteiger partial charge is 0.461 e. The van der Waals surface area contributed by atoms with Gasteiger partial charge in [-0.25, -0.2) is 0 Å². The molecule has 2 saturated heterocycles. The second kappa shape index (κ2) is 13.0. The highest BCUT2D eigenvalue weighted by molar-refractivity contribution is 6.00. The van der Waals surface area contributed by atoms with E-state index in [0.29, 0.717) is 32.7 Å². The molecule has 0 aliphatic carbocycles. The van der Waals surface area contributed by atoms with Crippen LogP contribution in [0.5, 0.6) is 0 Å². The number of nitrogens with one attached hydrogen (secondary N) is 2. The van der Waals surface area contributed by atoms with Crippen LogP contribution in [0.25, 0.3) is 0 Å². The molecule has 3 atom stereocenters. The van der Waals surface area contributed by atoms with Crippen molar-refractivity contribution >= 4 is 29.4 Å². The number of amides is 4. The van der Waals surface area contributed by atoms with Crippen LogP contribution in [-0.4, -0.2) is 102 Å². The molecule has 15 heteroatoms. The topological polar surface area (TPSA) is 125 Å². The number of ether oxygens (including phenoxy) is 1. The van der Waals surface area contributed by atoms with Crippen LogP contribution in [0.15, 0.2) is 0 Å². The first-order valence-electron chi connectivity index (χ1n) is 12.7. The standard InChI is InChI=1S/C24H35F5N4O6/c1-13(2)18(20(36)23(25,26)24(27,28)29)31-21(37)15-6-5-7-33(15)22(38)19(14(3)4)30-16(34)12-17(35)32-8-10-39-11-9-32/h13-15,18-19H,5-12H2,1-4H3,(H,30,34)(H,31,37). The minimum atomic E-state index is -6.14. The minimum Gasteiger partial charge on any atom is -0.378 e. The van der Waals surface area contributed by atoms with Crippen molar-refractivity contribution in [1.29, 1.82) is 0 Å². The van der Waals surface area contributed by atoms with Gasteiger partial charge in [-0.3, -0.25) is 24.0 Å². The Labute approximate surface area is 222 Å². The predicted molar refractivity (Wildman–Crippen MR) is 126 cm³/mol. The number of likely N-dealkylation sites (tertiary alicyclic amines) is 1. The number of hydrogen-bond donors (Lipinski definition) is 2. The molecule has 0 aromatic heterocycles. The van der Waals surface area contributed by atoms with Gasteiger partial charge in [-0.1, -0.05) is 27.7 Å². The molecule has 2 heterocycles. The normalized spacial score (nSPS) is 20.1. The van der Waals surface area contributed by atoms with E-state index in [0.717, 1.165) is 4.90 Å². The second-order valence-electron chi connectivity index (χ2n) is 10.3. The predicted octanol–water partition coefficient (Wildman–Crippen LogP) is 1.27. The number of rotatable bonds is 10. The zero-order valence-electron chi connectivity index (χ0n) is 22.3. The fourth-order valence-corrected chi connectivity index (χ4v) is 4.40. The van der Waals surface area contributed by atoms with Gasteiger partial charge in [-0.05, 0) is 24.7 Å². The van der Waals surface area contributed by atoms with Crippen molar-refractivity contribution in [2.75, 3.05) is 32.8 Å². The van der Waals surface area contributed by atoms with Gasteiger partial charge in [0.15, 0.2) is 0 Å². The molecule has 4 amide bonds. The van der Waals surface area contributed by atoms with Crippen molar-refractivity contribution in [3.05, 3.63) is 0 Å². The van der Waals surface area contributed by atoms with E-state index in [4.69, 9.17) is 4.74 Å². The van der Waals surface area contributed by atoms with Crippen molar-refractivity contribution in [2.24, 2.45) is 11.8 Å². The molecule has 2 fully saturated rings. The number of morpholine rings is 1. The van der Waals surface area contributed by atoms with Crippen LogP contribution in [0.2, 0.25) is 0 Å². The number of nitrogens with zero attached hydrogens (tertiary/aromatic N) is 2. The summed E-state index contributed by atoms with van der Waals surface area (Å²) in [4.78, 5) is 65.9. The van der Waals surface area contributed by atoms with Crippen LogP contribution in [-0.2, 0) is 28.7 Å². The molecule has 2 N–H and O–H groups in total. The van der Waals surface area contributed by atoms with Gasteiger partial charge in [-0.15, -0.1) is 0 Å². The van der Waals surface area contributed by atoms with Crippen molar-refractivity contribution in [3.8, 4) is 0 Å². The molecular formula is C24H35F5N4O6. The molecule has 0 spiro atoms. The Morgan fingerprint density at radius 2 is 1.44 bits per heavy atom. The van der Waals surface area contributed by atoms with E-state index in [1.165, 1.54) is 18.7 Å². The number of carbonyl (C=O) groups excluding carboxylic acids is 5. The maximum Gasteiger partial charge on any atom is 0.461 e. The highest BCUT2D eigenvalue weighted by Gasteiger charge is 2.64. The monoisotopic (exact) mass is 570 g/mol. The zero-order valence-corrected chi connectivity index (χ0v) is 22.3. The van der Waals surface area contributed by atoms with E-state index in [2.05, 4.69) is 5.32 Å². The Bertz CT molecular complexity index is 936. The van der Waals surface area contributed by atoms with Gasteiger partial charge in [-0.2, -0.15) is 22.0 Å². The first-order chi connectivity index (χ1) is 18.0. The van der Waals surface area contributed by atoms with E-state index >= 15 is 0 Å². The number of Topliss-reactive ketones (excluding diaryl/α,β-unsaturated/α-hetero) is 1. The van der Waals surface area contributed by atoms with E-state index < -0.39 is 77.9 Å². The third-order valence-electron chi connectivity index (χ3n) is 6.68. The smallest absolute Gasteiger partial charge is 0.378 e. The van der Waals surface area contributed by atoms with Gasteiger partial charge in [0.25, 0.3) is 0 Å². The second-order valence-corrected chi connectivity index (χ2v) is 10.3. The lowest BCUT2D eigenvalue weighted by molar-refractivity contribution is -0.270. The first kappa shape index (κ1) is 32.4. The summed E-state index contributed by atoms with van der Waals surface area (Å²) < 4.78 is 70.9. The highest BCUT2D eigenvalue weighted by Crippen LogP contribution is 2.37. The molecule has 3 unspecified atom stereocenters. The van der Waals surface area contributed by atoms with E-state index in [-0.39, 0.29) is 13.0 Å². The lowest BCUT2D eigenvalue weighted by Crippen LogP contribution is -2.60. The summed E-state index contributed by atoms with van der Waals surface area (Å²) >= 11 is 0. The summed E-state index contributed by atoms with van der Waals surface area (Å²) in [5.41, 5.74) is 0. The van der Waals surface area contributed by atoms with Gasteiger partial charge in [0.2, 0.25) is 29.4 Å². The van der Waals surface area contributed by atoms with Crippen LogP contribution < -0.4 is 10.6 Å². The first-order valence-corrected chi connectivity index (χ1v) is 12.7. The van der Waals surface area contributed by atoms with Crippen molar-refractivity contribution in [1.82, 2.24) is 20.4 Å². The molecule has 0 radical (unpaired) electrons. The molecule has 39 heavy (non-hydrogen) atoms. The molecule has 0 saturated carbocycles. The third-order valence-corrected chi connectivity index (χ3v) is 6.68. The Morgan fingerprint density at radius 1 is 0.872 bits per heavy atom. The molecule has 10 nitrogen and oxygen atoms in total. The van der Waals surface area contributed by atoms with Gasteiger partial charge >= 0.3 is 12.1 Å². The quantitative estimate of drug-likeness (QED) is 0.301. The SMILES string of the molecule is CC(C)C(NC(=O)CC(=O)N1CCOCC1)C(=O)N1CCCC1C(=O)NC(C(=O)C(F)(F)C(F)(F)F)C(C)C. The maximum atomic E-state index is 13.7. The summed E-state index contributed by atoms with van der Waals surface area (Å²) in [5, 5.41) is 4.50. The number of alkyl halides is 5. The number of hydrogen-bond acceptors (Lipinski definition) is 6. The summed E-state index contributed by atoms with van der Waals surface area (Å²) in [6.45, 7) is 7.07. The molecule has 0 aromatic carbocycles. The summed E-state index contributed by atoms with van der Waals surface area (Å²) in [6.07, 6.45) is -6.26. The Hall–Kier alpha value is -2.84. The fourth-order valence-electron chi connectivity index (χ4n) is 4.40. The summed E-state index contributed by atoms with van der Waals surface area (Å²) in [7, 11) is 0. The Morgan fingerprint density at radius 3 is 1.95 bits per heavy atom. The lowest BCUT2D eigenvalue weighted by Gasteiger charge is -2.32. The molecule has 2 aliphatic rings. The number of carbonyl (C=O) groups is 5. The summed E-state index contributed by atoms with van der Waals surface area (Å²) in [5.74, 6) is -12.6. The van der Waals surface area contributed by atoms with Crippen molar-refractivity contribution in [3.63, 3.8) is 0 Å². The van der Waals surface area contributed by atoms with E-state index in [1.807, 2.05) is 5.32 Å². The van der Waals surface area contributed by atoms with Gasteiger partial charge < -0.3 is 25.2 Å².